The SMILES string of the molecule is [2H]C1([2H])OC([2H])([2H])c2cccc3c2-c2c1cccc2C([2H])([2H])OC3([2H])[2H]. The van der Waals surface area contributed by atoms with Gasteiger partial charge in [-0.25, -0.2) is 0 Å². The van der Waals surface area contributed by atoms with Crippen molar-refractivity contribution in [2.75, 3.05) is 0 Å². The molecule has 0 atom stereocenters. The first kappa shape index (κ1) is 5.16. The van der Waals surface area contributed by atoms with E-state index in [-0.39, 0.29) is 33.4 Å². The molecular weight excluding hydrogens is 224 g/mol. The van der Waals surface area contributed by atoms with Crippen molar-refractivity contribution in [1.82, 2.24) is 0 Å². The molecule has 4 rings (SSSR count). The summed E-state index contributed by atoms with van der Waals surface area (Å²) in [5, 5.41) is 0. The molecule has 0 unspecified atom stereocenters. The fraction of sp³-hybridized carbons (Fsp3) is 0.250. The minimum absolute atomic E-state index is 0.0656. The summed E-state index contributed by atoms with van der Waals surface area (Å²) in [7, 11) is 0. The first-order valence-electron chi connectivity index (χ1n) is 9.55. The Kier molecular flexibility index (Phi) is 1.13. The van der Waals surface area contributed by atoms with Crippen LogP contribution in [-0.4, -0.2) is 0 Å². The van der Waals surface area contributed by atoms with E-state index in [0.717, 1.165) is 0 Å². The van der Waals surface area contributed by atoms with Crippen LogP contribution in [0.2, 0.25) is 0 Å². The smallest absolute Gasteiger partial charge is 0.0727 e. The third-order valence-electron chi connectivity index (χ3n) is 3.02. The van der Waals surface area contributed by atoms with E-state index in [0.29, 0.717) is 0 Å². The van der Waals surface area contributed by atoms with Crippen LogP contribution in [-0.2, 0) is 35.7 Å². The first-order chi connectivity index (χ1) is 11.9. The van der Waals surface area contributed by atoms with Crippen LogP contribution in [0.15, 0.2) is 36.4 Å². The Morgan fingerprint density at radius 3 is 1.33 bits per heavy atom. The Morgan fingerprint density at radius 1 is 0.667 bits per heavy atom. The van der Waals surface area contributed by atoms with Gasteiger partial charge in [-0.05, 0) is 33.4 Å². The van der Waals surface area contributed by atoms with Gasteiger partial charge in [0.1, 0.15) is 0 Å². The van der Waals surface area contributed by atoms with E-state index >= 15 is 0 Å². The molecule has 0 fully saturated rings. The van der Waals surface area contributed by atoms with Crippen molar-refractivity contribution < 1.29 is 20.4 Å². The highest BCUT2D eigenvalue weighted by molar-refractivity contribution is 5.77. The minimum atomic E-state index is -2.56. The van der Waals surface area contributed by atoms with Gasteiger partial charge in [-0.3, -0.25) is 0 Å². The van der Waals surface area contributed by atoms with Gasteiger partial charge in [0, 0.05) is 0 Å². The lowest BCUT2D eigenvalue weighted by Gasteiger charge is -2.13. The summed E-state index contributed by atoms with van der Waals surface area (Å²) in [4.78, 5) is 0. The van der Waals surface area contributed by atoms with Crippen molar-refractivity contribution in [1.29, 1.82) is 0 Å². The topological polar surface area (TPSA) is 18.5 Å². The lowest BCUT2D eigenvalue weighted by Crippen LogP contribution is -1.94. The Labute approximate surface area is 117 Å². The molecule has 2 aromatic rings. The summed E-state index contributed by atoms with van der Waals surface area (Å²) in [6.07, 6.45) is 0. The van der Waals surface area contributed by atoms with Crippen molar-refractivity contribution >= 4 is 0 Å². The van der Waals surface area contributed by atoms with Crippen LogP contribution in [0.3, 0.4) is 0 Å². The largest absolute Gasteiger partial charge is 0.372 e. The van der Waals surface area contributed by atoms with Crippen molar-refractivity contribution in [2.45, 2.75) is 26.2 Å². The van der Waals surface area contributed by atoms with E-state index in [9.17, 15) is 0 Å². The number of hydrogen-bond donors (Lipinski definition) is 0. The second-order valence-corrected chi connectivity index (χ2v) is 4.07. The molecule has 2 heteroatoms. The molecule has 0 aliphatic carbocycles. The Bertz CT molecular complexity index is 782. The molecule has 2 heterocycles. The predicted molar refractivity (Wildman–Crippen MR) is 68.9 cm³/mol. The fourth-order valence-corrected chi connectivity index (χ4v) is 2.25. The van der Waals surface area contributed by atoms with Gasteiger partial charge in [0.15, 0.2) is 0 Å². The Balaban J connectivity index is 2.26. The molecule has 0 aromatic heterocycles. The molecular formula is C16H14O2. The van der Waals surface area contributed by atoms with Gasteiger partial charge in [-0.15, -0.1) is 0 Å². The molecule has 0 N–H and O–H groups in total. The van der Waals surface area contributed by atoms with Crippen LogP contribution in [0.25, 0.3) is 11.1 Å². The van der Waals surface area contributed by atoms with E-state index in [4.69, 9.17) is 20.4 Å². The summed E-state index contributed by atoms with van der Waals surface area (Å²) in [6, 6.07) is 8.38. The average Bonchev–Trinajstić information content (AvgIpc) is 2.62. The number of hydrogen-bond acceptors (Lipinski definition) is 2. The van der Waals surface area contributed by atoms with E-state index in [1.165, 1.54) is 36.4 Å². The molecule has 18 heavy (non-hydrogen) atoms. The second-order valence-electron chi connectivity index (χ2n) is 4.07. The van der Waals surface area contributed by atoms with Crippen LogP contribution in [0.4, 0.5) is 0 Å². The fourth-order valence-electron chi connectivity index (χ4n) is 2.25. The van der Waals surface area contributed by atoms with E-state index in [2.05, 4.69) is 0 Å². The second kappa shape index (κ2) is 3.94. The molecule has 0 radical (unpaired) electrons. The summed E-state index contributed by atoms with van der Waals surface area (Å²) >= 11 is 0. The highest BCUT2D eigenvalue weighted by Gasteiger charge is 2.22. The maximum Gasteiger partial charge on any atom is 0.0727 e. The molecule has 0 amide bonds. The molecule has 2 nitrogen and oxygen atoms in total. The van der Waals surface area contributed by atoms with Crippen LogP contribution >= 0.6 is 0 Å². The molecule has 0 bridgehead atoms. The summed E-state index contributed by atoms with van der Waals surface area (Å²) in [5.74, 6) is 0. The molecule has 2 aliphatic heterocycles. The zero-order valence-corrected chi connectivity index (χ0v) is 9.28. The zero-order chi connectivity index (χ0) is 19.1. The van der Waals surface area contributed by atoms with Gasteiger partial charge in [0.25, 0.3) is 0 Å². The minimum Gasteiger partial charge on any atom is -0.372 e. The molecule has 2 aliphatic rings. The van der Waals surface area contributed by atoms with Crippen LogP contribution in [0.5, 0.6) is 0 Å². The molecule has 0 saturated carbocycles. The molecule has 2 aromatic carbocycles. The highest BCUT2D eigenvalue weighted by Crippen LogP contribution is 2.39. The number of benzene rings is 2. The van der Waals surface area contributed by atoms with E-state index in [1.54, 1.807) is 0 Å². The monoisotopic (exact) mass is 246 g/mol. The van der Waals surface area contributed by atoms with Gasteiger partial charge < -0.3 is 9.47 Å². The lowest BCUT2D eigenvalue weighted by molar-refractivity contribution is 0.104. The van der Waals surface area contributed by atoms with Gasteiger partial charge in [-0.1, -0.05) is 36.4 Å². The van der Waals surface area contributed by atoms with Crippen LogP contribution in [0, 0.1) is 0 Å². The summed E-state index contributed by atoms with van der Waals surface area (Å²) < 4.78 is 76.0. The van der Waals surface area contributed by atoms with Crippen molar-refractivity contribution in [3.05, 3.63) is 58.7 Å². The van der Waals surface area contributed by atoms with Gasteiger partial charge in [0.05, 0.1) is 37.2 Å². The lowest BCUT2D eigenvalue weighted by atomic mass is 9.90. The van der Waals surface area contributed by atoms with Crippen LogP contribution < -0.4 is 0 Å². The summed E-state index contributed by atoms with van der Waals surface area (Å²) in [5.41, 5.74) is -0.164. The molecule has 0 saturated heterocycles. The third kappa shape index (κ3) is 1.43. The Morgan fingerprint density at radius 2 is 1.00 bits per heavy atom. The predicted octanol–water partition coefficient (Wildman–Crippen LogP) is 3.41. The van der Waals surface area contributed by atoms with Crippen molar-refractivity contribution in [2.24, 2.45) is 0 Å². The van der Waals surface area contributed by atoms with Crippen LogP contribution in [0.1, 0.15) is 33.2 Å². The number of ether oxygens (including phenoxy) is 2. The van der Waals surface area contributed by atoms with Crippen molar-refractivity contribution in [3.63, 3.8) is 0 Å². The average molecular weight is 246 g/mol. The van der Waals surface area contributed by atoms with Crippen molar-refractivity contribution in [3.8, 4) is 11.1 Å². The first-order valence-corrected chi connectivity index (χ1v) is 5.55. The zero-order valence-electron chi connectivity index (χ0n) is 17.3. The maximum absolute atomic E-state index is 8.22. The van der Waals surface area contributed by atoms with E-state index in [1.807, 2.05) is 0 Å². The number of rotatable bonds is 0. The third-order valence-corrected chi connectivity index (χ3v) is 3.02. The molecule has 90 valence electrons. The highest BCUT2D eigenvalue weighted by atomic mass is 16.5. The van der Waals surface area contributed by atoms with E-state index < -0.39 is 26.2 Å². The van der Waals surface area contributed by atoms with Gasteiger partial charge >= 0.3 is 0 Å². The Hall–Kier alpha value is -1.64. The van der Waals surface area contributed by atoms with Gasteiger partial charge in [-0.2, -0.15) is 0 Å². The standard InChI is InChI=1S/C16H14O2/c1-3-11-7-17-9-13-5-2-6-14-10-18-8-12(4-1)15(11)16(13)14/h1-6H,7-10H2/i7D2,8D2,9D2,10D2. The summed E-state index contributed by atoms with van der Waals surface area (Å²) in [6.45, 7) is -10.2. The van der Waals surface area contributed by atoms with Gasteiger partial charge in [0.2, 0.25) is 0 Å². The quantitative estimate of drug-likeness (QED) is 0.709. The normalized spacial score (nSPS) is 34.4. The maximum atomic E-state index is 8.22. The molecule has 0 spiro atoms.